The van der Waals surface area contributed by atoms with Crippen LogP contribution in [-0.2, 0) is 27.9 Å². The molecule has 2 heterocycles. The summed E-state index contributed by atoms with van der Waals surface area (Å²) in [6, 6.07) is 18.7. The molecule has 1 amide bonds. The minimum absolute atomic E-state index is 0.0134. The number of hydrogen-bond acceptors (Lipinski definition) is 3. The SMILES string of the molecule is Cc1ccccc1C1(C(=O)NC2CCCc3c2cnn3Cc2ccccc2)CCOCC1. The van der Waals surface area contributed by atoms with E-state index in [0.717, 1.165) is 44.2 Å². The molecule has 5 nitrogen and oxygen atoms in total. The Kier molecular flexibility index (Phi) is 5.83. The topological polar surface area (TPSA) is 56.2 Å². The molecule has 1 fully saturated rings. The third-order valence-electron chi connectivity index (χ3n) is 7.18. The van der Waals surface area contributed by atoms with Crippen molar-refractivity contribution in [2.75, 3.05) is 13.2 Å². The first kappa shape index (κ1) is 21.0. The summed E-state index contributed by atoms with van der Waals surface area (Å²) in [5.74, 6) is 0.128. The molecule has 0 saturated carbocycles. The van der Waals surface area contributed by atoms with Crippen molar-refractivity contribution in [3.05, 3.63) is 88.7 Å². The van der Waals surface area contributed by atoms with E-state index in [2.05, 4.69) is 53.3 Å². The highest BCUT2D eigenvalue weighted by molar-refractivity contribution is 5.89. The Morgan fingerprint density at radius 3 is 2.66 bits per heavy atom. The molecule has 166 valence electrons. The second-order valence-electron chi connectivity index (χ2n) is 9.12. The van der Waals surface area contributed by atoms with Crippen LogP contribution >= 0.6 is 0 Å². The Morgan fingerprint density at radius 1 is 1.12 bits per heavy atom. The highest BCUT2D eigenvalue weighted by Crippen LogP contribution is 2.39. The van der Waals surface area contributed by atoms with Gasteiger partial charge in [-0.1, -0.05) is 54.6 Å². The van der Waals surface area contributed by atoms with Gasteiger partial charge in [-0.3, -0.25) is 9.48 Å². The average Bonchev–Trinajstić information content (AvgIpc) is 3.24. The highest BCUT2D eigenvalue weighted by Gasteiger charge is 2.43. The van der Waals surface area contributed by atoms with Crippen molar-refractivity contribution in [2.45, 2.75) is 57.0 Å². The van der Waals surface area contributed by atoms with E-state index in [1.165, 1.54) is 22.4 Å². The van der Waals surface area contributed by atoms with E-state index in [1.54, 1.807) is 0 Å². The van der Waals surface area contributed by atoms with Gasteiger partial charge in [0.1, 0.15) is 0 Å². The van der Waals surface area contributed by atoms with Gasteiger partial charge in [-0.25, -0.2) is 0 Å². The summed E-state index contributed by atoms with van der Waals surface area (Å²) in [6.45, 7) is 4.10. The molecule has 2 aromatic carbocycles. The maximum absolute atomic E-state index is 13.9. The molecule has 1 aromatic heterocycles. The van der Waals surface area contributed by atoms with Crippen LogP contribution in [0.3, 0.4) is 0 Å². The summed E-state index contributed by atoms with van der Waals surface area (Å²) >= 11 is 0. The number of benzene rings is 2. The van der Waals surface area contributed by atoms with Gasteiger partial charge in [0.2, 0.25) is 5.91 Å². The minimum Gasteiger partial charge on any atom is -0.381 e. The van der Waals surface area contributed by atoms with Gasteiger partial charge in [0.15, 0.2) is 0 Å². The van der Waals surface area contributed by atoms with Gasteiger partial charge in [-0.15, -0.1) is 0 Å². The second-order valence-corrected chi connectivity index (χ2v) is 9.12. The fraction of sp³-hybridized carbons (Fsp3) is 0.407. The van der Waals surface area contributed by atoms with E-state index in [4.69, 9.17) is 9.84 Å². The van der Waals surface area contributed by atoms with E-state index in [0.29, 0.717) is 13.2 Å². The molecule has 2 aliphatic rings. The maximum Gasteiger partial charge on any atom is 0.231 e. The van der Waals surface area contributed by atoms with Gasteiger partial charge in [0.05, 0.1) is 24.2 Å². The molecule has 1 atom stereocenters. The van der Waals surface area contributed by atoms with Gasteiger partial charge in [0, 0.05) is 24.5 Å². The van der Waals surface area contributed by atoms with Gasteiger partial charge < -0.3 is 10.1 Å². The largest absolute Gasteiger partial charge is 0.381 e. The van der Waals surface area contributed by atoms with Gasteiger partial charge in [-0.2, -0.15) is 5.10 Å². The van der Waals surface area contributed by atoms with Crippen LogP contribution in [0.5, 0.6) is 0 Å². The average molecular weight is 430 g/mol. The van der Waals surface area contributed by atoms with Crippen molar-refractivity contribution < 1.29 is 9.53 Å². The first-order valence-electron chi connectivity index (χ1n) is 11.7. The number of ether oxygens (including phenoxy) is 1. The summed E-state index contributed by atoms with van der Waals surface area (Å²) in [5.41, 5.74) is 5.45. The first-order valence-corrected chi connectivity index (χ1v) is 11.7. The number of aromatic nitrogens is 2. The molecule has 1 aliphatic heterocycles. The van der Waals surface area contributed by atoms with E-state index >= 15 is 0 Å². The highest BCUT2D eigenvalue weighted by atomic mass is 16.5. The van der Waals surface area contributed by atoms with Gasteiger partial charge >= 0.3 is 0 Å². The zero-order valence-corrected chi connectivity index (χ0v) is 18.7. The molecule has 1 saturated heterocycles. The van der Waals surface area contributed by atoms with Crippen LogP contribution in [0.15, 0.2) is 60.8 Å². The van der Waals surface area contributed by atoms with Crippen LogP contribution in [0, 0.1) is 6.92 Å². The standard InChI is InChI=1S/C27H31N3O2/c1-20-8-5-6-11-23(20)27(14-16-32-17-15-27)26(31)29-24-12-7-13-25-22(24)18-28-30(25)19-21-9-3-2-4-10-21/h2-6,8-11,18,24H,7,12-17,19H2,1H3,(H,29,31). The summed E-state index contributed by atoms with van der Waals surface area (Å²) in [5, 5.41) is 8.14. The lowest BCUT2D eigenvalue weighted by Crippen LogP contribution is -2.49. The molecule has 32 heavy (non-hydrogen) atoms. The summed E-state index contributed by atoms with van der Waals surface area (Å²) in [7, 11) is 0. The maximum atomic E-state index is 13.9. The second kappa shape index (κ2) is 8.91. The Labute approximate surface area is 189 Å². The molecular weight excluding hydrogens is 398 g/mol. The van der Waals surface area contributed by atoms with Crippen molar-refractivity contribution in [2.24, 2.45) is 0 Å². The number of carbonyl (C=O) groups is 1. The van der Waals surface area contributed by atoms with Gasteiger partial charge in [0.25, 0.3) is 0 Å². The summed E-state index contributed by atoms with van der Waals surface area (Å²) in [6.07, 6.45) is 6.42. The number of rotatable bonds is 5. The number of hydrogen-bond donors (Lipinski definition) is 1. The molecular formula is C27H31N3O2. The number of carbonyl (C=O) groups excluding carboxylic acids is 1. The number of nitrogens with one attached hydrogen (secondary N) is 1. The third-order valence-corrected chi connectivity index (χ3v) is 7.18. The van der Waals surface area contributed by atoms with Crippen molar-refractivity contribution in [3.63, 3.8) is 0 Å². The number of fused-ring (bicyclic) bond motifs is 1. The molecule has 1 N–H and O–H groups in total. The minimum atomic E-state index is -0.527. The quantitative estimate of drug-likeness (QED) is 0.651. The van der Waals surface area contributed by atoms with Crippen molar-refractivity contribution in [1.29, 1.82) is 0 Å². The van der Waals surface area contributed by atoms with Crippen LogP contribution < -0.4 is 5.32 Å². The number of aryl methyl sites for hydroxylation is 1. The first-order chi connectivity index (χ1) is 15.7. The lowest BCUT2D eigenvalue weighted by Gasteiger charge is -2.39. The molecule has 3 aromatic rings. The fourth-order valence-electron chi connectivity index (χ4n) is 5.41. The molecule has 1 aliphatic carbocycles. The van der Waals surface area contributed by atoms with E-state index in [9.17, 15) is 4.79 Å². The van der Waals surface area contributed by atoms with Crippen LogP contribution in [0.25, 0.3) is 0 Å². The normalized spacial score (nSPS) is 19.8. The van der Waals surface area contributed by atoms with E-state index in [1.807, 2.05) is 24.4 Å². The monoisotopic (exact) mass is 429 g/mol. The molecule has 5 rings (SSSR count). The predicted octanol–water partition coefficient (Wildman–Crippen LogP) is 4.48. The molecule has 0 bridgehead atoms. The van der Waals surface area contributed by atoms with Crippen LogP contribution in [0.1, 0.15) is 59.7 Å². The lowest BCUT2D eigenvalue weighted by atomic mass is 9.71. The molecule has 0 spiro atoms. The Hall–Kier alpha value is -2.92. The zero-order valence-electron chi connectivity index (χ0n) is 18.7. The van der Waals surface area contributed by atoms with Crippen molar-refractivity contribution in [3.8, 4) is 0 Å². The number of nitrogens with zero attached hydrogens (tertiary/aromatic N) is 2. The molecule has 1 unspecified atom stereocenters. The van der Waals surface area contributed by atoms with Crippen LogP contribution in [0.4, 0.5) is 0 Å². The van der Waals surface area contributed by atoms with Crippen LogP contribution in [-0.4, -0.2) is 28.9 Å². The molecule has 5 heteroatoms. The third kappa shape index (κ3) is 3.86. The Morgan fingerprint density at radius 2 is 1.88 bits per heavy atom. The lowest BCUT2D eigenvalue weighted by molar-refractivity contribution is -0.131. The summed E-state index contributed by atoms with van der Waals surface area (Å²) < 4.78 is 7.75. The Balaban J connectivity index is 1.41. The van der Waals surface area contributed by atoms with Crippen LogP contribution in [0.2, 0.25) is 0 Å². The van der Waals surface area contributed by atoms with Gasteiger partial charge in [-0.05, 0) is 55.7 Å². The Bertz CT molecular complexity index is 1080. The fourth-order valence-corrected chi connectivity index (χ4v) is 5.41. The molecule has 0 radical (unpaired) electrons. The van der Waals surface area contributed by atoms with E-state index < -0.39 is 5.41 Å². The number of amides is 1. The van der Waals surface area contributed by atoms with Crippen molar-refractivity contribution in [1.82, 2.24) is 15.1 Å². The van der Waals surface area contributed by atoms with E-state index in [-0.39, 0.29) is 11.9 Å². The smallest absolute Gasteiger partial charge is 0.231 e. The predicted molar refractivity (Wildman–Crippen MR) is 125 cm³/mol. The zero-order chi connectivity index (χ0) is 22.0. The van der Waals surface area contributed by atoms with Crippen molar-refractivity contribution >= 4 is 5.91 Å². The summed E-state index contributed by atoms with van der Waals surface area (Å²) in [4.78, 5) is 13.9.